The third-order valence-corrected chi connectivity index (χ3v) is 3.13. The van der Waals surface area contributed by atoms with Crippen molar-refractivity contribution in [1.82, 2.24) is 4.98 Å². The Bertz CT molecular complexity index is 729. The van der Waals surface area contributed by atoms with Crippen molar-refractivity contribution < 1.29 is 49.4 Å². The van der Waals surface area contributed by atoms with Gasteiger partial charge in [0.25, 0.3) is 6.43 Å². The molecular formula is C14H12F8N2O3. The Balaban J connectivity index is 3.87. The molecule has 0 radical (unpaired) electrons. The van der Waals surface area contributed by atoms with Gasteiger partial charge < -0.3 is 10.1 Å². The summed E-state index contributed by atoms with van der Waals surface area (Å²) in [6.07, 6.45) is -15.3. The number of nitrogens with zero attached hydrogens (tertiary/aromatic N) is 1. The van der Waals surface area contributed by atoms with Gasteiger partial charge >= 0.3 is 24.2 Å². The van der Waals surface area contributed by atoms with Crippen LogP contribution in [0.3, 0.4) is 0 Å². The monoisotopic (exact) mass is 408 g/mol. The highest BCUT2D eigenvalue weighted by molar-refractivity contribution is 6.00. The lowest BCUT2D eigenvalue weighted by atomic mass is 9.99. The van der Waals surface area contributed by atoms with Crippen LogP contribution in [-0.2, 0) is 22.1 Å². The fourth-order valence-electron chi connectivity index (χ4n) is 2.12. The van der Waals surface area contributed by atoms with Gasteiger partial charge in [0, 0.05) is 0 Å². The molecule has 0 aliphatic carbocycles. The van der Waals surface area contributed by atoms with E-state index < -0.39 is 71.9 Å². The Hall–Kier alpha value is -2.47. The second-order valence-electron chi connectivity index (χ2n) is 4.90. The van der Waals surface area contributed by atoms with Crippen molar-refractivity contribution in [2.75, 3.05) is 11.9 Å². The lowest BCUT2D eigenvalue weighted by Crippen LogP contribution is -2.32. The molecule has 0 unspecified atom stereocenters. The van der Waals surface area contributed by atoms with Crippen LogP contribution in [0.5, 0.6) is 0 Å². The molecule has 1 aromatic heterocycles. The normalized spacial score (nSPS) is 12.3. The van der Waals surface area contributed by atoms with E-state index in [9.17, 15) is 44.7 Å². The molecule has 0 bridgehead atoms. The summed E-state index contributed by atoms with van der Waals surface area (Å²) in [7, 11) is 0. The van der Waals surface area contributed by atoms with Crippen LogP contribution in [0.15, 0.2) is 0 Å². The van der Waals surface area contributed by atoms with Crippen molar-refractivity contribution in [2.24, 2.45) is 0 Å². The van der Waals surface area contributed by atoms with Crippen LogP contribution in [0.1, 0.15) is 47.6 Å². The van der Waals surface area contributed by atoms with Crippen molar-refractivity contribution in [1.29, 1.82) is 0 Å². The Morgan fingerprint density at radius 3 is 2.04 bits per heavy atom. The van der Waals surface area contributed by atoms with E-state index in [1.54, 1.807) is 0 Å². The lowest BCUT2D eigenvalue weighted by Gasteiger charge is -2.21. The molecule has 0 aromatic carbocycles. The number of pyridine rings is 1. The van der Waals surface area contributed by atoms with Gasteiger partial charge in [-0.25, -0.2) is 18.6 Å². The van der Waals surface area contributed by atoms with E-state index in [2.05, 4.69) is 9.72 Å². The minimum Gasteiger partial charge on any atom is -0.462 e. The number of carbonyl (C=O) groups excluding carboxylic acids is 2. The molecule has 0 spiro atoms. The van der Waals surface area contributed by atoms with Gasteiger partial charge in [0.1, 0.15) is 5.69 Å². The molecule has 13 heteroatoms. The summed E-state index contributed by atoms with van der Waals surface area (Å²) in [5.41, 5.74) is -7.34. The largest absolute Gasteiger partial charge is 0.471 e. The molecule has 0 aliphatic heterocycles. The fraction of sp³-hybridized carbons (Fsp3) is 0.500. The number of halogens is 8. The maximum absolute atomic E-state index is 13.2. The standard InChI is InChI=1S/C14H12F8N2O3/c1-3-5-6(11(25)27-4-2)9(13(17,18)19)23-8(10(15)16)7(5)24-12(26)14(20,21)22/h10H,3-4H2,1-2H3,(H,24,26). The molecule has 0 saturated heterocycles. The Morgan fingerprint density at radius 2 is 1.67 bits per heavy atom. The summed E-state index contributed by atoms with van der Waals surface area (Å²) >= 11 is 0. The van der Waals surface area contributed by atoms with Crippen molar-refractivity contribution >= 4 is 17.6 Å². The van der Waals surface area contributed by atoms with Crippen molar-refractivity contribution in [3.63, 3.8) is 0 Å². The molecule has 1 amide bonds. The second-order valence-corrected chi connectivity index (χ2v) is 4.90. The number of hydrogen-bond donors (Lipinski definition) is 1. The number of nitrogens with one attached hydrogen (secondary N) is 1. The number of rotatable bonds is 5. The number of hydrogen-bond acceptors (Lipinski definition) is 4. The summed E-state index contributed by atoms with van der Waals surface area (Å²) < 4.78 is 108. The summed E-state index contributed by atoms with van der Waals surface area (Å²) in [5.74, 6) is -4.34. The smallest absolute Gasteiger partial charge is 0.462 e. The van der Waals surface area contributed by atoms with Gasteiger partial charge in [-0.05, 0) is 18.9 Å². The van der Waals surface area contributed by atoms with Gasteiger partial charge in [0.15, 0.2) is 5.69 Å². The van der Waals surface area contributed by atoms with E-state index in [0.717, 1.165) is 12.2 Å². The van der Waals surface area contributed by atoms with Crippen LogP contribution in [0.25, 0.3) is 0 Å². The first kappa shape index (κ1) is 22.6. The summed E-state index contributed by atoms with van der Waals surface area (Å²) in [6.45, 7) is 1.93. The first-order valence-corrected chi connectivity index (χ1v) is 7.23. The molecule has 27 heavy (non-hydrogen) atoms. The van der Waals surface area contributed by atoms with Crippen molar-refractivity contribution in [3.05, 3.63) is 22.5 Å². The molecule has 1 heterocycles. The Labute approximate surface area is 146 Å². The molecule has 1 rings (SSSR count). The minimum absolute atomic E-state index is 0.403. The fourth-order valence-corrected chi connectivity index (χ4v) is 2.12. The van der Waals surface area contributed by atoms with Crippen LogP contribution in [-0.4, -0.2) is 29.6 Å². The summed E-state index contributed by atoms with van der Waals surface area (Å²) in [5, 5.41) is 1.09. The number of esters is 1. The number of alkyl halides is 8. The highest BCUT2D eigenvalue weighted by Crippen LogP contribution is 2.39. The van der Waals surface area contributed by atoms with Crippen LogP contribution in [0, 0.1) is 0 Å². The van der Waals surface area contributed by atoms with E-state index >= 15 is 0 Å². The molecule has 1 N–H and O–H groups in total. The van der Waals surface area contributed by atoms with E-state index in [1.807, 2.05) is 0 Å². The molecule has 0 fully saturated rings. The average Bonchev–Trinajstić information content (AvgIpc) is 2.51. The van der Waals surface area contributed by atoms with Crippen LogP contribution < -0.4 is 5.32 Å². The average molecular weight is 408 g/mol. The van der Waals surface area contributed by atoms with Gasteiger partial charge in [-0.15, -0.1) is 0 Å². The zero-order valence-corrected chi connectivity index (χ0v) is 13.7. The lowest BCUT2D eigenvalue weighted by molar-refractivity contribution is -0.167. The van der Waals surface area contributed by atoms with E-state index in [1.165, 1.54) is 6.92 Å². The molecule has 0 saturated carbocycles. The minimum atomic E-state index is -5.52. The maximum Gasteiger partial charge on any atom is 0.471 e. The van der Waals surface area contributed by atoms with Gasteiger partial charge in [-0.2, -0.15) is 26.3 Å². The van der Waals surface area contributed by atoms with Gasteiger partial charge in [0.05, 0.1) is 17.9 Å². The predicted molar refractivity (Wildman–Crippen MR) is 74.2 cm³/mol. The topological polar surface area (TPSA) is 68.3 Å². The maximum atomic E-state index is 13.2. The van der Waals surface area contributed by atoms with Crippen molar-refractivity contribution in [3.8, 4) is 0 Å². The third-order valence-electron chi connectivity index (χ3n) is 3.13. The molecular weight excluding hydrogens is 396 g/mol. The number of amides is 1. The zero-order valence-electron chi connectivity index (χ0n) is 13.7. The Morgan fingerprint density at radius 1 is 1.11 bits per heavy atom. The third kappa shape index (κ3) is 5.04. The van der Waals surface area contributed by atoms with Gasteiger partial charge in [-0.1, -0.05) is 6.92 Å². The number of aromatic nitrogens is 1. The highest BCUT2D eigenvalue weighted by atomic mass is 19.4. The number of carbonyl (C=O) groups is 2. The number of anilines is 1. The van der Waals surface area contributed by atoms with Gasteiger partial charge in [0.2, 0.25) is 0 Å². The molecule has 5 nitrogen and oxygen atoms in total. The highest BCUT2D eigenvalue weighted by Gasteiger charge is 2.44. The quantitative estimate of drug-likeness (QED) is 0.584. The Kier molecular flexibility index (Phi) is 6.73. The first-order valence-electron chi connectivity index (χ1n) is 7.23. The van der Waals surface area contributed by atoms with E-state index in [0.29, 0.717) is 0 Å². The zero-order chi connectivity index (χ0) is 21.2. The second kappa shape index (κ2) is 8.05. The molecule has 0 aliphatic rings. The summed E-state index contributed by atoms with van der Waals surface area (Å²) in [6, 6.07) is 0. The first-order chi connectivity index (χ1) is 12.3. The molecule has 152 valence electrons. The van der Waals surface area contributed by atoms with E-state index in [4.69, 9.17) is 0 Å². The van der Waals surface area contributed by atoms with Crippen LogP contribution in [0.4, 0.5) is 40.8 Å². The van der Waals surface area contributed by atoms with E-state index in [-0.39, 0.29) is 0 Å². The molecule has 0 atom stereocenters. The summed E-state index contributed by atoms with van der Waals surface area (Å²) in [4.78, 5) is 25.7. The van der Waals surface area contributed by atoms with Crippen LogP contribution in [0.2, 0.25) is 0 Å². The van der Waals surface area contributed by atoms with Crippen LogP contribution >= 0.6 is 0 Å². The SMILES string of the molecule is CCOC(=O)c1c(C(F)(F)F)nc(C(F)F)c(NC(=O)C(F)(F)F)c1CC. The number of ether oxygens (including phenoxy) is 1. The van der Waals surface area contributed by atoms with Crippen molar-refractivity contribution in [2.45, 2.75) is 39.0 Å². The van der Waals surface area contributed by atoms with Gasteiger partial charge in [-0.3, -0.25) is 4.79 Å². The predicted octanol–water partition coefficient (Wildman–Crippen LogP) is 4.28. The molecule has 1 aromatic rings.